The van der Waals surface area contributed by atoms with E-state index in [4.69, 9.17) is 25.8 Å². The molecular weight excluding hydrogens is 635 g/mol. The van der Waals surface area contributed by atoms with Crippen molar-refractivity contribution in [3.05, 3.63) is 88.4 Å². The molecule has 238 valence electrons. The van der Waals surface area contributed by atoms with Gasteiger partial charge in [0, 0.05) is 19.3 Å². The van der Waals surface area contributed by atoms with Crippen LogP contribution in [0.1, 0.15) is 28.6 Å². The van der Waals surface area contributed by atoms with Crippen LogP contribution < -0.4 is 15.8 Å². The fourth-order valence-electron chi connectivity index (χ4n) is 4.61. The van der Waals surface area contributed by atoms with Gasteiger partial charge in [0.15, 0.2) is 9.84 Å². The minimum Gasteiger partial charge on any atom is -0.497 e. The van der Waals surface area contributed by atoms with E-state index in [1.54, 1.807) is 66.1 Å². The molecule has 3 heterocycles. The molecule has 45 heavy (non-hydrogen) atoms. The number of hydrogen-bond acceptors (Lipinski definition) is 9. The predicted molar refractivity (Wildman–Crippen MR) is 161 cm³/mol. The van der Waals surface area contributed by atoms with Crippen molar-refractivity contribution in [1.29, 1.82) is 5.41 Å². The number of amides is 1. The zero-order valence-corrected chi connectivity index (χ0v) is 25.2. The molecule has 1 unspecified atom stereocenters. The average Bonchev–Trinajstić information content (AvgIpc) is 3.65. The molecule has 1 fully saturated rings. The molecule has 5 N–H and O–H groups in total. The molecule has 0 bridgehead atoms. The lowest BCUT2D eigenvalue weighted by atomic mass is 10.1. The van der Waals surface area contributed by atoms with Gasteiger partial charge >= 0.3 is 12.1 Å². The third kappa shape index (κ3) is 7.95. The number of aliphatic carboxylic acids is 1. The van der Waals surface area contributed by atoms with Crippen LogP contribution in [0, 0.1) is 5.41 Å². The molecule has 0 radical (unpaired) electrons. The summed E-state index contributed by atoms with van der Waals surface area (Å²) in [6.07, 6.45) is -3.06. The maximum absolute atomic E-state index is 13.9. The van der Waals surface area contributed by atoms with Gasteiger partial charge in [-0.05, 0) is 81.5 Å². The number of carbonyl (C=O) groups excluding carboxylic acids is 1. The van der Waals surface area contributed by atoms with Crippen molar-refractivity contribution in [3.8, 4) is 5.75 Å². The van der Waals surface area contributed by atoms with E-state index in [-0.39, 0.29) is 16.6 Å². The number of pyridine rings is 1. The second kappa shape index (κ2) is 13.6. The number of alkyl halides is 3. The number of carbonyl (C=O) groups is 2. The van der Waals surface area contributed by atoms with E-state index in [2.05, 4.69) is 10.3 Å². The zero-order valence-electron chi connectivity index (χ0n) is 23.6. The molecule has 2 atom stereocenters. The van der Waals surface area contributed by atoms with Crippen LogP contribution in [0.25, 0.3) is 10.8 Å². The number of halogens is 3. The number of ether oxygens (including phenoxy) is 1. The molecule has 1 aliphatic rings. The zero-order chi connectivity index (χ0) is 32.9. The molecular formula is C29H28F3N5O6S2. The normalized spacial score (nSPS) is 15.8. The Hall–Kier alpha value is -4.54. The monoisotopic (exact) mass is 663 g/mol. The summed E-state index contributed by atoms with van der Waals surface area (Å²) in [6, 6.07) is 15.1. The van der Waals surface area contributed by atoms with Crippen molar-refractivity contribution in [1.82, 2.24) is 15.2 Å². The van der Waals surface area contributed by atoms with Gasteiger partial charge in [-0.3, -0.25) is 20.5 Å². The molecule has 16 heteroatoms. The second-order valence-electron chi connectivity index (χ2n) is 9.89. The second-order valence-corrected chi connectivity index (χ2v) is 12.7. The number of methoxy groups -OCH3 is 1. The Kier molecular flexibility index (Phi) is 10.1. The van der Waals surface area contributed by atoms with Crippen molar-refractivity contribution in [2.45, 2.75) is 35.5 Å². The van der Waals surface area contributed by atoms with E-state index in [0.717, 1.165) is 16.3 Å². The highest BCUT2D eigenvalue weighted by Gasteiger charge is 2.39. The number of rotatable bonds is 9. The SMILES string of the molecule is COc1ccc2ccc(S(=O)(=O)[C@H](NC3CCN(Cc4ccnc(C(=N)N)c4)C3=O)c3ccsc3)cc2c1.O=C(O)C(F)(F)F. The molecule has 11 nitrogen and oxygen atoms in total. The number of fused-ring (bicyclic) bond motifs is 1. The standard InChI is InChI=1S/C27H27N5O4S2.C2HF3O2/c1-36-21-4-2-18-3-5-22(14-20(18)13-21)38(34,35)26(19-8-11-37-16-19)31-23-7-10-32(27(23)33)15-17-6-9-30-24(12-17)25(28)29;3-2(4,5)1(6)7/h2-6,8-9,11-14,16,23,26,31H,7,10,15H2,1H3,(H3,28,29);(H,6,7)/t23?,26-;/m0./s1. The molecule has 2 aromatic carbocycles. The van der Waals surface area contributed by atoms with E-state index in [9.17, 15) is 26.4 Å². The molecule has 0 spiro atoms. The summed E-state index contributed by atoms with van der Waals surface area (Å²) < 4.78 is 64.9. The number of benzene rings is 2. The Balaban J connectivity index is 0.000000591. The van der Waals surface area contributed by atoms with Gasteiger partial charge in [0.25, 0.3) is 0 Å². The van der Waals surface area contributed by atoms with Crippen molar-refractivity contribution >= 4 is 49.7 Å². The summed E-state index contributed by atoms with van der Waals surface area (Å²) in [7, 11) is -2.33. The van der Waals surface area contributed by atoms with Crippen molar-refractivity contribution in [3.63, 3.8) is 0 Å². The lowest BCUT2D eigenvalue weighted by Gasteiger charge is -2.23. The number of carboxylic acids is 1. The molecule has 4 aromatic rings. The first-order chi connectivity index (χ1) is 21.2. The summed E-state index contributed by atoms with van der Waals surface area (Å²) in [4.78, 5) is 28.1. The van der Waals surface area contributed by atoms with Crippen LogP contribution in [0.3, 0.4) is 0 Å². The predicted octanol–water partition coefficient (Wildman–Crippen LogP) is 4.09. The highest BCUT2D eigenvalue weighted by molar-refractivity contribution is 7.91. The number of nitrogens with two attached hydrogens (primary N) is 1. The lowest BCUT2D eigenvalue weighted by Crippen LogP contribution is -2.42. The molecule has 0 saturated carbocycles. The Labute approximate surface area is 259 Å². The summed E-state index contributed by atoms with van der Waals surface area (Å²) in [5.74, 6) is -2.44. The van der Waals surface area contributed by atoms with Gasteiger partial charge in [-0.25, -0.2) is 13.2 Å². The van der Waals surface area contributed by atoms with Crippen molar-refractivity contribution in [2.75, 3.05) is 13.7 Å². The molecule has 0 aliphatic carbocycles. The van der Waals surface area contributed by atoms with E-state index in [0.29, 0.717) is 36.5 Å². The van der Waals surface area contributed by atoms with Crippen LogP contribution >= 0.6 is 11.3 Å². The fraction of sp³-hybridized carbons (Fsp3) is 0.241. The number of likely N-dealkylation sites (tertiary alicyclic amines) is 1. The van der Waals surface area contributed by atoms with Gasteiger partial charge in [0.2, 0.25) is 5.91 Å². The number of hydrogen-bond donors (Lipinski definition) is 4. The highest BCUT2D eigenvalue weighted by Crippen LogP contribution is 2.32. The first-order valence-corrected chi connectivity index (χ1v) is 15.7. The van der Waals surface area contributed by atoms with E-state index < -0.39 is 33.4 Å². The Morgan fingerprint density at radius 3 is 2.53 bits per heavy atom. The van der Waals surface area contributed by atoms with E-state index in [1.165, 1.54) is 11.3 Å². The van der Waals surface area contributed by atoms with Gasteiger partial charge in [-0.1, -0.05) is 12.1 Å². The summed E-state index contributed by atoms with van der Waals surface area (Å²) in [5, 5.41) is 22.0. The quantitative estimate of drug-likeness (QED) is 0.152. The Morgan fingerprint density at radius 1 is 1.20 bits per heavy atom. The minimum atomic E-state index is -5.08. The fourth-order valence-corrected chi connectivity index (χ4v) is 7.05. The Bertz CT molecular complexity index is 1820. The van der Waals surface area contributed by atoms with Gasteiger partial charge in [0.05, 0.1) is 18.0 Å². The maximum atomic E-state index is 13.9. The number of nitrogens with zero attached hydrogens (tertiary/aromatic N) is 2. The third-order valence-corrected chi connectivity index (χ3v) is 9.51. The van der Waals surface area contributed by atoms with Gasteiger partial charge in [0.1, 0.15) is 22.7 Å². The van der Waals surface area contributed by atoms with Crippen LogP contribution in [0.5, 0.6) is 5.75 Å². The molecule has 1 aliphatic heterocycles. The molecule has 1 saturated heterocycles. The number of aromatic nitrogens is 1. The first-order valence-electron chi connectivity index (χ1n) is 13.2. The highest BCUT2D eigenvalue weighted by atomic mass is 32.2. The van der Waals surface area contributed by atoms with Gasteiger partial charge < -0.3 is 20.5 Å². The number of nitrogens with one attached hydrogen (secondary N) is 2. The number of carboxylic acid groups (broad SMARTS) is 1. The van der Waals surface area contributed by atoms with E-state index >= 15 is 0 Å². The largest absolute Gasteiger partial charge is 0.497 e. The number of thiophene rings is 1. The number of sulfone groups is 1. The maximum Gasteiger partial charge on any atom is 0.490 e. The third-order valence-electron chi connectivity index (χ3n) is 6.87. The number of amidine groups is 1. The van der Waals surface area contributed by atoms with Crippen LogP contribution in [-0.2, 0) is 26.0 Å². The smallest absolute Gasteiger partial charge is 0.490 e. The van der Waals surface area contributed by atoms with Gasteiger partial charge in [-0.15, -0.1) is 0 Å². The van der Waals surface area contributed by atoms with Crippen LogP contribution in [-0.4, -0.2) is 67.0 Å². The molecule has 1 amide bonds. The van der Waals surface area contributed by atoms with E-state index in [1.807, 2.05) is 17.5 Å². The molecule has 5 rings (SSSR count). The Morgan fingerprint density at radius 2 is 1.91 bits per heavy atom. The molecule has 2 aromatic heterocycles. The number of nitrogen functional groups attached to an aromatic ring is 1. The first kappa shape index (κ1) is 33.4. The van der Waals surface area contributed by atoms with Crippen LogP contribution in [0.2, 0.25) is 0 Å². The van der Waals surface area contributed by atoms with Crippen LogP contribution in [0.4, 0.5) is 13.2 Å². The van der Waals surface area contributed by atoms with Gasteiger partial charge in [-0.2, -0.15) is 24.5 Å². The minimum absolute atomic E-state index is 0.143. The van der Waals surface area contributed by atoms with Crippen LogP contribution in [0.15, 0.2) is 76.4 Å². The summed E-state index contributed by atoms with van der Waals surface area (Å²) in [6.45, 7) is 0.794. The lowest BCUT2D eigenvalue weighted by molar-refractivity contribution is -0.192. The summed E-state index contributed by atoms with van der Waals surface area (Å²) in [5.41, 5.74) is 7.28. The average molecular weight is 664 g/mol. The summed E-state index contributed by atoms with van der Waals surface area (Å²) >= 11 is 1.40. The van der Waals surface area contributed by atoms with Crippen molar-refractivity contribution < 1.29 is 41.0 Å². The van der Waals surface area contributed by atoms with Crippen molar-refractivity contribution in [2.24, 2.45) is 5.73 Å². The topological polar surface area (TPSA) is 176 Å².